The second-order valence-electron chi connectivity index (χ2n) is 17.3. The van der Waals surface area contributed by atoms with Crippen molar-refractivity contribution in [3.8, 4) is 0 Å². The lowest BCUT2D eigenvalue weighted by atomic mass is 9.90. The molecule has 0 aromatic heterocycles. The molecule has 0 bridgehead atoms. The lowest BCUT2D eigenvalue weighted by Gasteiger charge is -2.37. The van der Waals surface area contributed by atoms with Crippen LogP contribution in [0.25, 0.3) is 0 Å². The molecule has 0 aromatic rings. The fraction of sp³-hybridized carbons (Fsp3) is 0.792. The lowest BCUT2D eigenvalue weighted by Crippen LogP contribution is -2.49. The highest BCUT2D eigenvalue weighted by atomic mass is 19.2. The normalized spacial score (nSPS) is 18.9. The van der Waals surface area contributed by atoms with Gasteiger partial charge in [-0.25, -0.2) is 0 Å². The van der Waals surface area contributed by atoms with Crippen LogP contribution in [0.5, 0.6) is 0 Å². The molecule has 1 aliphatic heterocycles. The van der Waals surface area contributed by atoms with Gasteiger partial charge in [-0.1, -0.05) is 99.5 Å². The van der Waals surface area contributed by atoms with Crippen molar-refractivity contribution in [3.63, 3.8) is 0 Å². The van der Waals surface area contributed by atoms with E-state index in [0.717, 1.165) is 63.3 Å². The SMILES string of the molecule is C=CCNF.CC(C)C(C=O)N(C)C.CCC(C)C(C(CC)OC)N(C)C(=O)CC(C)C.CCC(CC(=O)N[C@H](C)C(OCNC)C1=CCC(C)C=C1)C1CCCN1C=O.CN. The number of amides is 3. The van der Waals surface area contributed by atoms with Gasteiger partial charge >= 0.3 is 0 Å². The van der Waals surface area contributed by atoms with Gasteiger partial charge in [0, 0.05) is 46.1 Å². The minimum Gasteiger partial charge on any atom is -0.379 e. The number of carbonyl (C=O) groups is 4. The number of hydrogen-bond acceptors (Lipinski definition) is 10. The number of methoxy groups -OCH3 is 1. The van der Waals surface area contributed by atoms with E-state index in [1.165, 1.54) is 18.7 Å². The Morgan fingerprint density at radius 3 is 2.03 bits per heavy atom. The molecule has 364 valence electrons. The van der Waals surface area contributed by atoms with Crippen LogP contribution in [0.3, 0.4) is 0 Å². The molecule has 9 atom stereocenters. The molecule has 8 unspecified atom stereocenters. The van der Waals surface area contributed by atoms with Crippen molar-refractivity contribution in [2.75, 3.05) is 62.2 Å². The number of aldehydes is 1. The first kappa shape index (κ1) is 63.3. The summed E-state index contributed by atoms with van der Waals surface area (Å²) in [5.74, 6) is 2.27. The van der Waals surface area contributed by atoms with Crippen molar-refractivity contribution in [3.05, 3.63) is 36.5 Å². The number of halogens is 1. The average Bonchev–Trinajstić information content (AvgIpc) is 3.72. The third kappa shape index (κ3) is 25.9. The van der Waals surface area contributed by atoms with Gasteiger partial charge in [0.2, 0.25) is 18.2 Å². The third-order valence-corrected chi connectivity index (χ3v) is 11.3. The third-order valence-electron chi connectivity index (χ3n) is 11.3. The number of allylic oxidation sites excluding steroid dienone is 2. The molecule has 1 aliphatic carbocycles. The number of hydrogen-bond donors (Lipinski definition) is 4. The van der Waals surface area contributed by atoms with E-state index in [2.05, 4.69) is 89.6 Å². The second kappa shape index (κ2) is 38.4. The highest BCUT2D eigenvalue weighted by molar-refractivity contribution is 5.77. The van der Waals surface area contributed by atoms with Gasteiger partial charge in [-0.2, -0.15) is 5.54 Å². The van der Waals surface area contributed by atoms with Crippen molar-refractivity contribution in [2.45, 2.75) is 157 Å². The maximum absolute atomic E-state index is 12.8. The largest absolute Gasteiger partial charge is 0.379 e. The molecule has 13 nitrogen and oxygen atoms in total. The second-order valence-corrected chi connectivity index (χ2v) is 17.3. The molecular formula is C48H94FN7O6. The van der Waals surface area contributed by atoms with Crippen LogP contribution in [-0.2, 0) is 28.7 Å². The summed E-state index contributed by atoms with van der Waals surface area (Å²) in [6.07, 6.45) is 16.8. The Kier molecular flexibility index (Phi) is 39.2. The van der Waals surface area contributed by atoms with Crippen LogP contribution in [0.4, 0.5) is 4.48 Å². The maximum atomic E-state index is 12.8. The van der Waals surface area contributed by atoms with Gasteiger partial charge in [-0.15, -0.1) is 11.1 Å². The topological polar surface area (TPSA) is 159 Å². The average molecular weight is 884 g/mol. The summed E-state index contributed by atoms with van der Waals surface area (Å²) in [4.78, 5) is 52.3. The molecule has 2 aliphatic rings. The molecular weight excluding hydrogens is 790 g/mol. The number of nitrogens with two attached hydrogens (primary N) is 1. The zero-order valence-electron chi connectivity index (χ0n) is 42.0. The van der Waals surface area contributed by atoms with Gasteiger partial charge in [-0.05, 0) is 96.0 Å². The standard InChI is InChI=1S/C22H37N3O3.C15H31NO2.C7H15NO.C3H6FN.CH5N/c1-5-18(20-7-6-12-25(20)15-26)13-21(27)24-17(3)22(28-14-23-4)19-10-8-16(2)9-11-19;1-8-12(5)15(13(9-2)18-7)16(6)14(17)10-11(3)4;1-6(2)7(5-9)8(3)4;1-2-3-5-4;1-2/h8,10-11,15-18,20,22-23H,5-7,9,12-14H2,1-4H3,(H,24,27);11-13,15H,8-10H2,1-7H3;5-7H,1-4H3;2,5H,1,3H2;2H2,1H3/t16?,17-,18?,20?,22?;;;;/m1..../s1. The minimum absolute atomic E-state index is 0.0314. The highest BCUT2D eigenvalue weighted by Gasteiger charge is 2.33. The Bertz CT molecular complexity index is 1220. The Balaban J connectivity index is -0.000000871. The van der Waals surface area contributed by atoms with Crippen molar-refractivity contribution in [2.24, 2.45) is 35.3 Å². The smallest absolute Gasteiger partial charge is 0.222 e. The highest BCUT2D eigenvalue weighted by Crippen LogP contribution is 2.28. The van der Waals surface area contributed by atoms with Gasteiger partial charge in [0.05, 0.1) is 31.0 Å². The van der Waals surface area contributed by atoms with Gasteiger partial charge < -0.3 is 35.1 Å². The minimum atomic E-state index is -0.182. The molecule has 0 aromatic carbocycles. The van der Waals surface area contributed by atoms with Gasteiger partial charge in [0.15, 0.2) is 0 Å². The van der Waals surface area contributed by atoms with Crippen molar-refractivity contribution in [1.29, 1.82) is 0 Å². The zero-order chi connectivity index (χ0) is 48.4. The molecule has 14 heteroatoms. The van der Waals surface area contributed by atoms with E-state index in [0.29, 0.717) is 43.2 Å². The summed E-state index contributed by atoms with van der Waals surface area (Å²) in [5.41, 5.74) is 7.02. The number of likely N-dealkylation sites (tertiary alicyclic amines) is 1. The van der Waals surface area contributed by atoms with Crippen molar-refractivity contribution in [1.82, 2.24) is 30.9 Å². The number of nitrogens with zero attached hydrogens (tertiary/aromatic N) is 3. The van der Waals surface area contributed by atoms with Crippen LogP contribution < -0.4 is 21.9 Å². The summed E-state index contributed by atoms with van der Waals surface area (Å²) in [7, 11) is 10.8. The molecule has 1 saturated heterocycles. The molecule has 2 rings (SSSR count). The first-order valence-corrected chi connectivity index (χ1v) is 23.0. The van der Waals surface area contributed by atoms with E-state index in [4.69, 9.17) is 9.47 Å². The number of ether oxygens (including phenoxy) is 2. The molecule has 0 radical (unpaired) electrons. The van der Waals surface area contributed by atoms with Gasteiger partial charge in [0.25, 0.3) is 0 Å². The van der Waals surface area contributed by atoms with Crippen LogP contribution >= 0.6 is 0 Å². The summed E-state index contributed by atoms with van der Waals surface area (Å²) in [6.45, 7) is 25.7. The van der Waals surface area contributed by atoms with Gasteiger partial charge in [0.1, 0.15) is 12.4 Å². The van der Waals surface area contributed by atoms with Crippen LogP contribution in [-0.4, -0.2) is 138 Å². The Hall–Kier alpha value is -3.01. The van der Waals surface area contributed by atoms with E-state index < -0.39 is 0 Å². The Morgan fingerprint density at radius 2 is 1.66 bits per heavy atom. The quantitative estimate of drug-likeness (QED) is 0.0347. The van der Waals surface area contributed by atoms with E-state index in [1.807, 2.05) is 63.7 Å². The lowest BCUT2D eigenvalue weighted by molar-refractivity contribution is -0.137. The zero-order valence-corrected chi connectivity index (χ0v) is 42.0. The van der Waals surface area contributed by atoms with Crippen LogP contribution in [0.1, 0.15) is 121 Å². The van der Waals surface area contributed by atoms with Crippen molar-refractivity contribution < 1.29 is 33.1 Å². The Labute approximate surface area is 378 Å². The predicted molar refractivity (Wildman–Crippen MR) is 256 cm³/mol. The number of likely N-dealkylation sites (N-methyl/N-ethyl adjacent to an activating group) is 2. The summed E-state index contributed by atoms with van der Waals surface area (Å²) in [5, 5.41) is 6.16. The molecule has 0 saturated carbocycles. The molecule has 5 N–H and O–H groups in total. The molecule has 3 amide bonds. The molecule has 0 spiro atoms. The summed E-state index contributed by atoms with van der Waals surface area (Å²) in [6, 6.07) is 0.306. The van der Waals surface area contributed by atoms with Crippen LogP contribution in [0.2, 0.25) is 0 Å². The van der Waals surface area contributed by atoms with E-state index in [-0.39, 0.29) is 60.7 Å². The Morgan fingerprint density at radius 1 is 1.03 bits per heavy atom. The van der Waals surface area contributed by atoms with E-state index in [9.17, 15) is 23.7 Å². The first-order chi connectivity index (χ1) is 29.4. The molecule has 62 heavy (non-hydrogen) atoms. The van der Waals surface area contributed by atoms with E-state index >= 15 is 0 Å². The fourth-order valence-corrected chi connectivity index (χ4v) is 7.66. The number of nitrogens with one attached hydrogen (secondary N) is 3. The fourth-order valence-electron chi connectivity index (χ4n) is 7.66. The van der Waals surface area contributed by atoms with Crippen LogP contribution in [0, 0.1) is 29.6 Å². The number of rotatable bonds is 24. The first-order valence-electron chi connectivity index (χ1n) is 23.0. The van der Waals surface area contributed by atoms with E-state index in [1.54, 1.807) is 7.11 Å². The summed E-state index contributed by atoms with van der Waals surface area (Å²) < 4.78 is 22.2. The van der Waals surface area contributed by atoms with Crippen molar-refractivity contribution >= 4 is 24.5 Å². The monoisotopic (exact) mass is 884 g/mol. The van der Waals surface area contributed by atoms with Gasteiger partial charge in [-0.3, -0.25) is 24.6 Å². The maximum Gasteiger partial charge on any atom is 0.222 e. The van der Waals surface area contributed by atoms with Crippen LogP contribution in [0.15, 0.2) is 36.5 Å². The predicted octanol–water partition coefficient (Wildman–Crippen LogP) is 6.94. The molecule has 1 heterocycles. The molecule has 1 fully saturated rings. The number of carbonyl (C=O) groups excluding carboxylic acids is 4. The summed E-state index contributed by atoms with van der Waals surface area (Å²) >= 11 is 0.